The Balaban J connectivity index is 1.78. The van der Waals surface area contributed by atoms with Crippen LogP contribution in [0.15, 0.2) is 41.8 Å². The predicted molar refractivity (Wildman–Crippen MR) is 108 cm³/mol. The number of aryl methyl sites for hydroxylation is 1. The summed E-state index contributed by atoms with van der Waals surface area (Å²) < 4.78 is 9.92. The van der Waals surface area contributed by atoms with Crippen LogP contribution in [0.5, 0.6) is 5.75 Å². The van der Waals surface area contributed by atoms with Crippen LogP contribution in [0.25, 0.3) is 0 Å². The van der Waals surface area contributed by atoms with Gasteiger partial charge in [0.05, 0.1) is 11.2 Å². The van der Waals surface area contributed by atoms with Crippen molar-refractivity contribution in [2.24, 2.45) is 7.05 Å². The van der Waals surface area contributed by atoms with Gasteiger partial charge < -0.3 is 9.30 Å². The van der Waals surface area contributed by atoms with Crippen molar-refractivity contribution in [1.82, 2.24) is 24.5 Å². The fourth-order valence-electron chi connectivity index (χ4n) is 2.92. The number of aromatic nitrogens is 5. The van der Waals surface area contributed by atoms with Crippen LogP contribution in [-0.2, 0) is 19.4 Å². The smallest absolute Gasteiger partial charge is 0.191 e. The third-order valence-electron chi connectivity index (χ3n) is 4.36. The monoisotopic (exact) mass is 405 g/mol. The topological polar surface area (TPSA) is 57.8 Å². The number of hydrogen-bond donors (Lipinski definition) is 0. The first-order valence-electron chi connectivity index (χ1n) is 9.03. The molecule has 6 nitrogen and oxygen atoms in total. The van der Waals surface area contributed by atoms with Crippen LogP contribution >= 0.6 is 23.4 Å². The van der Waals surface area contributed by atoms with Crippen molar-refractivity contribution < 1.29 is 4.74 Å². The maximum Gasteiger partial charge on any atom is 0.191 e. The molecular formula is C19H24ClN5OS. The average Bonchev–Trinajstić information content (AvgIpc) is 3.27. The van der Waals surface area contributed by atoms with Crippen LogP contribution in [0, 0.1) is 0 Å². The number of para-hydroxylation sites is 1. The summed E-state index contributed by atoms with van der Waals surface area (Å²) in [5.74, 6) is 2.28. The van der Waals surface area contributed by atoms with E-state index in [0.717, 1.165) is 35.1 Å². The zero-order chi connectivity index (χ0) is 19.2. The molecule has 2 aromatic heterocycles. The summed E-state index contributed by atoms with van der Waals surface area (Å²) in [4.78, 5) is 0. The fourth-order valence-corrected chi connectivity index (χ4v) is 4.05. The van der Waals surface area contributed by atoms with Gasteiger partial charge in [-0.15, -0.1) is 10.2 Å². The van der Waals surface area contributed by atoms with Gasteiger partial charge in [-0.3, -0.25) is 4.68 Å². The van der Waals surface area contributed by atoms with Gasteiger partial charge in [0.25, 0.3) is 0 Å². The van der Waals surface area contributed by atoms with E-state index < -0.39 is 0 Å². The van der Waals surface area contributed by atoms with Crippen molar-refractivity contribution in [3.63, 3.8) is 0 Å². The zero-order valence-electron chi connectivity index (χ0n) is 15.8. The molecule has 0 unspecified atom stereocenters. The van der Waals surface area contributed by atoms with Gasteiger partial charge >= 0.3 is 0 Å². The molecule has 8 heteroatoms. The second kappa shape index (κ2) is 9.28. The Labute approximate surface area is 168 Å². The highest BCUT2D eigenvalue weighted by molar-refractivity contribution is 7.98. The maximum atomic E-state index is 6.19. The first kappa shape index (κ1) is 19.8. The van der Waals surface area contributed by atoms with Crippen molar-refractivity contribution in [1.29, 1.82) is 0 Å². The van der Waals surface area contributed by atoms with Gasteiger partial charge in [-0.2, -0.15) is 5.10 Å². The lowest BCUT2D eigenvalue weighted by Gasteiger charge is -2.19. The Morgan fingerprint density at radius 1 is 1.19 bits per heavy atom. The Morgan fingerprint density at radius 2 is 1.96 bits per heavy atom. The lowest BCUT2D eigenvalue weighted by molar-refractivity contribution is 0.278. The zero-order valence-corrected chi connectivity index (χ0v) is 17.4. The van der Waals surface area contributed by atoms with Gasteiger partial charge in [-0.25, -0.2) is 0 Å². The van der Waals surface area contributed by atoms with E-state index in [4.69, 9.17) is 16.3 Å². The number of rotatable bonds is 9. The number of ether oxygens (including phenoxy) is 1. The molecular weight excluding hydrogens is 382 g/mol. The van der Waals surface area contributed by atoms with Crippen LogP contribution in [-0.4, -0.2) is 24.5 Å². The summed E-state index contributed by atoms with van der Waals surface area (Å²) in [6.07, 6.45) is 5.92. The van der Waals surface area contributed by atoms with Gasteiger partial charge in [-0.05, 0) is 25.0 Å². The fraction of sp³-hybridized carbons (Fsp3) is 0.421. The van der Waals surface area contributed by atoms with Crippen LogP contribution in [0.1, 0.15) is 44.1 Å². The molecule has 0 saturated heterocycles. The molecule has 0 saturated carbocycles. The molecule has 0 atom stereocenters. The van der Waals surface area contributed by atoms with E-state index in [2.05, 4.69) is 33.7 Å². The first-order chi connectivity index (χ1) is 13.1. The molecule has 1 aromatic carbocycles. The highest BCUT2D eigenvalue weighted by Crippen LogP contribution is 2.29. The average molecular weight is 406 g/mol. The van der Waals surface area contributed by atoms with Crippen LogP contribution in [0.4, 0.5) is 0 Å². The lowest BCUT2D eigenvalue weighted by Crippen LogP contribution is -2.14. The predicted octanol–water partition coefficient (Wildman–Crippen LogP) is 4.90. The van der Waals surface area contributed by atoms with Crippen LogP contribution in [0.2, 0.25) is 5.02 Å². The Bertz CT molecular complexity index is 875. The van der Waals surface area contributed by atoms with E-state index >= 15 is 0 Å². The van der Waals surface area contributed by atoms with E-state index in [-0.39, 0.29) is 0 Å². The third-order valence-corrected chi connectivity index (χ3v) is 5.69. The second-order valence-electron chi connectivity index (χ2n) is 6.27. The van der Waals surface area contributed by atoms with Gasteiger partial charge in [-0.1, -0.05) is 49.3 Å². The van der Waals surface area contributed by atoms with Crippen LogP contribution in [0.3, 0.4) is 0 Å². The van der Waals surface area contributed by atoms with Gasteiger partial charge in [0.2, 0.25) is 0 Å². The number of halogens is 1. The van der Waals surface area contributed by atoms with E-state index in [1.807, 2.05) is 48.4 Å². The molecule has 3 aromatic rings. The summed E-state index contributed by atoms with van der Waals surface area (Å²) in [6, 6.07) is 7.80. The first-order valence-corrected chi connectivity index (χ1v) is 10.4. The molecule has 0 spiro atoms. The summed E-state index contributed by atoms with van der Waals surface area (Å²) in [7, 11) is 1.92. The van der Waals surface area contributed by atoms with E-state index in [0.29, 0.717) is 23.4 Å². The summed E-state index contributed by atoms with van der Waals surface area (Å²) in [5, 5.41) is 14.5. The summed E-state index contributed by atoms with van der Waals surface area (Å²) in [6.45, 7) is 4.70. The molecule has 0 radical (unpaired) electrons. The largest absolute Gasteiger partial charge is 0.484 e. The molecule has 0 amide bonds. The van der Waals surface area contributed by atoms with E-state index in [1.54, 1.807) is 11.8 Å². The molecule has 27 heavy (non-hydrogen) atoms. The van der Waals surface area contributed by atoms with Gasteiger partial charge in [0.15, 0.2) is 11.0 Å². The number of thioether (sulfide) groups is 1. The Kier molecular flexibility index (Phi) is 6.79. The lowest BCUT2D eigenvalue weighted by atomic mass is 10.2. The third kappa shape index (κ3) is 4.84. The molecule has 0 aliphatic rings. The molecule has 3 rings (SSSR count). The van der Waals surface area contributed by atoms with Gasteiger partial charge in [0, 0.05) is 30.6 Å². The van der Waals surface area contributed by atoms with Gasteiger partial charge in [0.1, 0.15) is 12.4 Å². The van der Waals surface area contributed by atoms with E-state index in [9.17, 15) is 0 Å². The number of hydrogen-bond acceptors (Lipinski definition) is 5. The quantitative estimate of drug-likeness (QED) is 0.474. The standard InChI is InChI=1S/C19H24ClN5OS/c1-4-15(5-2)25-18(12-26-17-9-7-6-8-16(17)20)22-23-19(25)27-13-14-10-21-24(3)11-14/h6-11,15H,4-5,12-13H2,1-3H3. The molecule has 0 aliphatic carbocycles. The van der Waals surface area contributed by atoms with Crippen molar-refractivity contribution in [3.8, 4) is 5.75 Å². The summed E-state index contributed by atoms with van der Waals surface area (Å²) in [5.41, 5.74) is 1.16. The normalized spacial score (nSPS) is 11.3. The summed E-state index contributed by atoms with van der Waals surface area (Å²) >= 11 is 7.86. The Hall–Kier alpha value is -1.99. The molecule has 0 bridgehead atoms. The Morgan fingerprint density at radius 3 is 2.63 bits per heavy atom. The van der Waals surface area contributed by atoms with Crippen molar-refractivity contribution in [3.05, 3.63) is 53.1 Å². The van der Waals surface area contributed by atoms with Crippen LogP contribution < -0.4 is 4.74 Å². The number of benzene rings is 1. The van der Waals surface area contributed by atoms with Crippen molar-refractivity contribution in [2.45, 2.75) is 50.2 Å². The second-order valence-corrected chi connectivity index (χ2v) is 7.62. The minimum Gasteiger partial charge on any atom is -0.484 e. The highest BCUT2D eigenvalue weighted by atomic mass is 35.5. The molecule has 0 N–H and O–H groups in total. The SMILES string of the molecule is CCC(CC)n1c(COc2ccccc2Cl)nnc1SCc1cnn(C)c1. The van der Waals surface area contributed by atoms with Crippen molar-refractivity contribution >= 4 is 23.4 Å². The minimum atomic E-state index is 0.334. The molecule has 2 heterocycles. The number of nitrogens with zero attached hydrogens (tertiary/aromatic N) is 5. The highest BCUT2D eigenvalue weighted by Gasteiger charge is 2.19. The van der Waals surface area contributed by atoms with E-state index in [1.165, 1.54) is 0 Å². The molecule has 144 valence electrons. The van der Waals surface area contributed by atoms with Crippen molar-refractivity contribution in [2.75, 3.05) is 0 Å². The molecule has 0 fully saturated rings. The minimum absolute atomic E-state index is 0.334. The molecule has 0 aliphatic heterocycles. The maximum absolute atomic E-state index is 6.19.